The molecule has 4 nitrogen and oxygen atoms in total. The number of nitrogens with zero attached hydrogens (tertiary/aromatic N) is 2. The van der Waals surface area contributed by atoms with Crippen LogP contribution in [0, 0.1) is 6.92 Å². The number of nitrogens with two attached hydrogens (primary N) is 2. The molecule has 0 unspecified atom stereocenters. The molecule has 0 aliphatic rings. The van der Waals surface area contributed by atoms with Crippen LogP contribution in [0.25, 0.3) is 41.7 Å². The third-order valence-electron chi connectivity index (χ3n) is 4.36. The Morgan fingerprint density at radius 3 is 2.00 bits per heavy atom. The molecule has 0 radical (unpaired) electrons. The van der Waals surface area contributed by atoms with Gasteiger partial charge in [-0.3, -0.25) is 0 Å². The van der Waals surface area contributed by atoms with E-state index < -0.39 is 0 Å². The van der Waals surface area contributed by atoms with Crippen LogP contribution >= 0.6 is 45.3 Å². The number of rotatable bonds is 3. The predicted molar refractivity (Wildman–Crippen MR) is 121 cm³/mol. The number of benzene rings is 1. The van der Waals surface area contributed by atoms with Gasteiger partial charge in [-0.05, 0) is 18.1 Å². The molecule has 0 atom stereocenters. The summed E-state index contributed by atoms with van der Waals surface area (Å²) in [4.78, 5) is 11.4. The van der Waals surface area contributed by atoms with Gasteiger partial charge in [0.05, 0.1) is 25.2 Å². The van der Waals surface area contributed by atoms with Gasteiger partial charge in [-0.2, -0.15) is 0 Å². The van der Waals surface area contributed by atoms with Crippen LogP contribution in [-0.4, -0.2) is 9.97 Å². The number of aryl methyl sites for hydroxylation is 1. The van der Waals surface area contributed by atoms with E-state index in [0.717, 1.165) is 11.4 Å². The summed E-state index contributed by atoms with van der Waals surface area (Å²) in [7, 11) is 0. The lowest BCUT2D eigenvalue weighted by Gasteiger charge is -2.05. The van der Waals surface area contributed by atoms with Crippen molar-refractivity contribution in [2.75, 3.05) is 11.5 Å². The Labute approximate surface area is 171 Å². The van der Waals surface area contributed by atoms with E-state index in [4.69, 9.17) is 11.5 Å². The molecule has 0 spiro atoms. The topological polar surface area (TPSA) is 77.8 Å². The average molecular weight is 427 g/mol. The summed E-state index contributed by atoms with van der Waals surface area (Å²) in [6.45, 7) is 2.17. The van der Waals surface area contributed by atoms with Crippen LogP contribution in [-0.2, 0) is 0 Å². The maximum Gasteiger partial charge on any atom is 0.180 e. The Morgan fingerprint density at radius 1 is 0.815 bits per heavy atom. The third kappa shape index (κ3) is 2.76. The number of nitrogen functional groups attached to an aromatic ring is 2. The predicted octanol–water partition coefficient (Wildman–Crippen LogP) is 6.35. The molecule has 0 bridgehead atoms. The van der Waals surface area contributed by atoms with Gasteiger partial charge in [0.2, 0.25) is 0 Å². The number of thiophene rings is 2. The number of thiazole rings is 2. The Bertz CT molecular complexity index is 1260. The molecule has 27 heavy (non-hydrogen) atoms. The van der Waals surface area contributed by atoms with E-state index in [0.29, 0.717) is 10.3 Å². The van der Waals surface area contributed by atoms with Crippen molar-refractivity contribution >= 4 is 65.0 Å². The summed E-state index contributed by atoms with van der Waals surface area (Å²) < 4.78 is 1.27. The molecule has 4 N–H and O–H groups in total. The zero-order valence-corrected chi connectivity index (χ0v) is 17.5. The quantitative estimate of drug-likeness (QED) is 0.352. The Morgan fingerprint density at radius 2 is 1.41 bits per heavy atom. The number of hydrogen-bond donors (Lipinski definition) is 2. The summed E-state index contributed by atoms with van der Waals surface area (Å²) >= 11 is 6.50. The molecule has 0 aliphatic carbocycles. The molecule has 0 aliphatic heterocycles. The van der Waals surface area contributed by atoms with Crippen molar-refractivity contribution in [3.05, 3.63) is 46.7 Å². The molecule has 0 saturated carbocycles. The Hall–Kier alpha value is -2.26. The molecule has 5 rings (SSSR count). The molecule has 5 aromatic rings. The van der Waals surface area contributed by atoms with Crippen LogP contribution in [0.3, 0.4) is 0 Å². The number of hydrogen-bond acceptors (Lipinski definition) is 8. The summed E-state index contributed by atoms with van der Waals surface area (Å²) in [5.74, 6) is 0. The number of anilines is 2. The molecule has 4 aromatic heterocycles. The smallest absolute Gasteiger partial charge is 0.180 e. The monoisotopic (exact) mass is 426 g/mol. The zero-order valence-electron chi connectivity index (χ0n) is 14.2. The first kappa shape index (κ1) is 16.9. The van der Waals surface area contributed by atoms with E-state index in [2.05, 4.69) is 41.2 Å². The van der Waals surface area contributed by atoms with E-state index in [1.54, 1.807) is 22.7 Å². The lowest BCUT2D eigenvalue weighted by atomic mass is 10.00. The lowest BCUT2D eigenvalue weighted by Crippen LogP contribution is -1.85. The molecule has 8 heteroatoms. The van der Waals surface area contributed by atoms with Crippen LogP contribution < -0.4 is 11.5 Å². The van der Waals surface area contributed by atoms with E-state index in [-0.39, 0.29) is 0 Å². The van der Waals surface area contributed by atoms with Crippen molar-refractivity contribution in [3.63, 3.8) is 0 Å². The van der Waals surface area contributed by atoms with E-state index >= 15 is 0 Å². The molecular weight excluding hydrogens is 413 g/mol. The van der Waals surface area contributed by atoms with Crippen LogP contribution in [0.5, 0.6) is 0 Å². The maximum absolute atomic E-state index is 5.90. The average Bonchev–Trinajstić information content (AvgIpc) is 3.41. The van der Waals surface area contributed by atoms with E-state index in [1.165, 1.54) is 58.5 Å². The second kappa shape index (κ2) is 6.42. The molecular formula is C19H14N4S4. The first-order valence-electron chi connectivity index (χ1n) is 8.16. The third-order valence-corrected chi connectivity index (χ3v) is 8.32. The summed E-state index contributed by atoms with van der Waals surface area (Å²) in [5.41, 5.74) is 17.3. The highest BCUT2D eigenvalue weighted by Gasteiger charge is 2.23. The van der Waals surface area contributed by atoms with Crippen molar-refractivity contribution in [1.82, 2.24) is 9.97 Å². The van der Waals surface area contributed by atoms with Gasteiger partial charge in [-0.25, -0.2) is 9.97 Å². The second-order valence-electron chi connectivity index (χ2n) is 6.03. The summed E-state index contributed by atoms with van der Waals surface area (Å²) in [5, 5.41) is 6.54. The van der Waals surface area contributed by atoms with Gasteiger partial charge in [0.25, 0.3) is 0 Å². The molecule has 0 amide bonds. The molecule has 0 saturated heterocycles. The zero-order chi connectivity index (χ0) is 18.5. The van der Waals surface area contributed by atoms with Gasteiger partial charge < -0.3 is 11.5 Å². The first-order chi connectivity index (χ1) is 13.1. The van der Waals surface area contributed by atoms with Crippen LogP contribution in [0.2, 0.25) is 0 Å². The first-order valence-corrected chi connectivity index (χ1v) is 11.5. The number of aromatic nitrogens is 2. The standard InChI is InChI=1S/C19H14N4S4/c1-9-13-14(10-5-3-2-4-6-10)16(12-8-25-19(21)23-12)27-17(13)26-15(9)11-7-24-18(20)22-11/h2-8H,1H3,(H2,20,22)(H2,21,23). The highest BCUT2D eigenvalue weighted by atomic mass is 32.2. The number of fused-ring (bicyclic) bond motifs is 1. The van der Waals surface area contributed by atoms with Gasteiger partial charge in [0.1, 0.15) is 0 Å². The summed E-state index contributed by atoms with van der Waals surface area (Å²) in [6, 6.07) is 10.5. The van der Waals surface area contributed by atoms with Crippen LogP contribution in [0.15, 0.2) is 41.1 Å². The van der Waals surface area contributed by atoms with Gasteiger partial charge in [-0.15, -0.1) is 45.3 Å². The molecule has 4 heterocycles. The Kier molecular flexibility index (Phi) is 4.01. The molecule has 1 aromatic carbocycles. The second-order valence-corrected chi connectivity index (χ2v) is 10.1. The Balaban J connectivity index is 1.81. The van der Waals surface area contributed by atoms with Gasteiger partial charge in [-0.1, -0.05) is 30.3 Å². The fourth-order valence-electron chi connectivity index (χ4n) is 3.19. The fourth-order valence-corrected chi connectivity index (χ4v) is 7.20. The van der Waals surface area contributed by atoms with Crippen molar-refractivity contribution in [2.24, 2.45) is 0 Å². The SMILES string of the molecule is Cc1c(-c2csc(N)n2)sc2sc(-c3csc(N)n3)c(-c3ccccc3)c12. The minimum Gasteiger partial charge on any atom is -0.375 e. The normalized spacial score (nSPS) is 11.4. The van der Waals surface area contributed by atoms with Crippen molar-refractivity contribution in [1.29, 1.82) is 0 Å². The highest BCUT2D eigenvalue weighted by molar-refractivity contribution is 7.41. The van der Waals surface area contributed by atoms with Crippen LogP contribution in [0.1, 0.15) is 5.56 Å². The largest absolute Gasteiger partial charge is 0.375 e. The maximum atomic E-state index is 5.90. The van der Waals surface area contributed by atoms with Crippen molar-refractivity contribution < 1.29 is 0 Å². The van der Waals surface area contributed by atoms with Gasteiger partial charge in [0.15, 0.2) is 10.3 Å². The highest BCUT2D eigenvalue weighted by Crippen LogP contribution is 2.52. The van der Waals surface area contributed by atoms with Crippen LogP contribution in [0.4, 0.5) is 10.3 Å². The van der Waals surface area contributed by atoms with E-state index in [1.807, 2.05) is 16.8 Å². The lowest BCUT2D eigenvalue weighted by molar-refractivity contribution is 1.41. The molecule has 134 valence electrons. The van der Waals surface area contributed by atoms with Gasteiger partial charge >= 0.3 is 0 Å². The molecule has 0 fully saturated rings. The van der Waals surface area contributed by atoms with E-state index in [9.17, 15) is 0 Å². The minimum absolute atomic E-state index is 0.594. The summed E-state index contributed by atoms with van der Waals surface area (Å²) in [6.07, 6.45) is 0. The van der Waals surface area contributed by atoms with Crippen molar-refractivity contribution in [3.8, 4) is 32.3 Å². The van der Waals surface area contributed by atoms with Gasteiger partial charge in [0, 0.05) is 21.7 Å². The minimum atomic E-state index is 0.594. The fraction of sp³-hybridized carbons (Fsp3) is 0.0526. The van der Waals surface area contributed by atoms with Crippen molar-refractivity contribution in [2.45, 2.75) is 6.92 Å².